The van der Waals surface area contributed by atoms with Crippen molar-refractivity contribution in [3.05, 3.63) is 29.8 Å². The van der Waals surface area contributed by atoms with Crippen molar-refractivity contribution in [3.63, 3.8) is 0 Å². The number of hydrogen-bond donors (Lipinski definition) is 2. The highest BCUT2D eigenvalue weighted by atomic mass is 16.3. The van der Waals surface area contributed by atoms with E-state index in [-0.39, 0.29) is 6.03 Å². The molecule has 2 N–H and O–H groups in total. The molecule has 0 saturated heterocycles. The minimum absolute atomic E-state index is 0.192. The van der Waals surface area contributed by atoms with Crippen LogP contribution in [0.5, 0.6) is 0 Å². The van der Waals surface area contributed by atoms with Gasteiger partial charge in [-0.3, -0.25) is 0 Å². The fourth-order valence-electron chi connectivity index (χ4n) is 1.14. The average molecular weight is 246 g/mol. The topological polar surface area (TPSA) is 52.6 Å². The molecule has 0 saturated carbocycles. The van der Waals surface area contributed by atoms with E-state index in [0.717, 1.165) is 5.56 Å². The van der Waals surface area contributed by atoms with Gasteiger partial charge in [-0.15, -0.1) is 0 Å². The molecule has 0 bridgehead atoms. The number of aliphatic hydroxyl groups is 1. The van der Waals surface area contributed by atoms with E-state index in [0.29, 0.717) is 5.69 Å². The lowest BCUT2D eigenvalue weighted by Gasteiger charge is -2.12. The van der Waals surface area contributed by atoms with Crippen LogP contribution in [0.15, 0.2) is 24.3 Å². The Kier molecular flexibility index (Phi) is 4.35. The summed E-state index contributed by atoms with van der Waals surface area (Å²) in [5, 5.41) is 12.3. The van der Waals surface area contributed by atoms with Crippen LogP contribution in [-0.4, -0.2) is 35.7 Å². The van der Waals surface area contributed by atoms with Crippen molar-refractivity contribution in [1.29, 1.82) is 0 Å². The highest BCUT2D eigenvalue weighted by Crippen LogP contribution is 2.10. The molecule has 0 aliphatic heterocycles. The number of carbonyl (C=O) groups is 1. The average Bonchev–Trinajstić information content (AvgIpc) is 2.26. The highest BCUT2D eigenvalue weighted by molar-refractivity contribution is 5.89. The Morgan fingerprint density at radius 3 is 2.61 bits per heavy atom. The summed E-state index contributed by atoms with van der Waals surface area (Å²) in [5.41, 5.74) is 0.396. The predicted octanol–water partition coefficient (Wildman–Crippen LogP) is 1.90. The Labute approximate surface area is 108 Å². The largest absolute Gasteiger partial charge is 0.378 e. The Balaban J connectivity index is 2.86. The number of benzene rings is 1. The van der Waals surface area contributed by atoms with Gasteiger partial charge in [-0.25, -0.2) is 4.79 Å². The van der Waals surface area contributed by atoms with Gasteiger partial charge in [0.1, 0.15) is 5.60 Å². The van der Waals surface area contributed by atoms with Crippen LogP contribution in [0.3, 0.4) is 0 Å². The van der Waals surface area contributed by atoms with Crippen LogP contribution >= 0.6 is 0 Å². The second kappa shape index (κ2) is 5.56. The van der Waals surface area contributed by atoms with Crippen LogP contribution in [0.25, 0.3) is 0 Å². The van der Waals surface area contributed by atoms with Crippen LogP contribution in [0, 0.1) is 11.8 Å². The van der Waals surface area contributed by atoms with E-state index in [1.54, 1.807) is 46.1 Å². The van der Waals surface area contributed by atoms with Gasteiger partial charge in [0.2, 0.25) is 0 Å². The molecule has 18 heavy (non-hydrogen) atoms. The fourth-order valence-corrected chi connectivity index (χ4v) is 1.14. The standard InChI is InChI=1S/C14H18N2O2/c1-14(2,18)9-8-11-6-5-7-12(10-11)15-13(17)16(3)4/h5-7,10,18H,1-4H3,(H,15,17). The van der Waals surface area contributed by atoms with Crippen LogP contribution in [0.4, 0.5) is 10.5 Å². The zero-order chi connectivity index (χ0) is 13.8. The van der Waals surface area contributed by atoms with Crippen LogP contribution in [0.1, 0.15) is 19.4 Å². The first-order valence-electron chi connectivity index (χ1n) is 5.62. The number of nitrogens with one attached hydrogen (secondary N) is 1. The van der Waals surface area contributed by atoms with E-state index in [9.17, 15) is 9.90 Å². The van der Waals surface area contributed by atoms with Gasteiger partial charge in [-0.1, -0.05) is 17.9 Å². The first kappa shape index (κ1) is 14.1. The van der Waals surface area contributed by atoms with Gasteiger partial charge in [-0.2, -0.15) is 0 Å². The molecule has 1 aromatic rings. The molecule has 4 heteroatoms. The summed E-state index contributed by atoms with van der Waals surface area (Å²) >= 11 is 0. The van der Waals surface area contributed by atoms with Crippen molar-refractivity contribution >= 4 is 11.7 Å². The molecule has 0 heterocycles. The number of anilines is 1. The SMILES string of the molecule is CN(C)C(=O)Nc1cccc(C#CC(C)(C)O)c1. The highest BCUT2D eigenvalue weighted by Gasteiger charge is 2.06. The summed E-state index contributed by atoms with van der Waals surface area (Å²) in [6.07, 6.45) is 0. The Morgan fingerprint density at radius 2 is 2.06 bits per heavy atom. The monoisotopic (exact) mass is 246 g/mol. The number of amides is 2. The van der Waals surface area contributed by atoms with Gasteiger partial charge in [0.25, 0.3) is 0 Å². The molecular weight excluding hydrogens is 228 g/mol. The van der Waals surface area contributed by atoms with Gasteiger partial charge < -0.3 is 15.3 Å². The lowest BCUT2D eigenvalue weighted by atomic mass is 10.1. The number of carbonyl (C=O) groups excluding carboxylic acids is 1. The number of hydrogen-bond acceptors (Lipinski definition) is 2. The maximum Gasteiger partial charge on any atom is 0.321 e. The molecule has 0 fully saturated rings. The maximum absolute atomic E-state index is 11.5. The van der Waals surface area contributed by atoms with Gasteiger partial charge in [0.05, 0.1) is 0 Å². The van der Waals surface area contributed by atoms with Crippen molar-refractivity contribution in [1.82, 2.24) is 4.90 Å². The second-order valence-corrected chi connectivity index (χ2v) is 4.71. The number of urea groups is 1. The van der Waals surface area contributed by atoms with E-state index < -0.39 is 5.60 Å². The Bertz CT molecular complexity index is 490. The van der Waals surface area contributed by atoms with Gasteiger partial charge in [0.15, 0.2) is 0 Å². The zero-order valence-electron chi connectivity index (χ0n) is 11.1. The molecule has 1 aromatic carbocycles. The van der Waals surface area contributed by atoms with E-state index in [4.69, 9.17) is 0 Å². The lowest BCUT2D eigenvalue weighted by Crippen LogP contribution is -2.27. The van der Waals surface area contributed by atoms with Crippen molar-refractivity contribution < 1.29 is 9.90 Å². The molecule has 0 aliphatic rings. The molecular formula is C14H18N2O2. The smallest absolute Gasteiger partial charge is 0.321 e. The molecule has 96 valence electrons. The predicted molar refractivity (Wildman–Crippen MR) is 72.3 cm³/mol. The van der Waals surface area contributed by atoms with E-state index in [1.807, 2.05) is 6.07 Å². The van der Waals surface area contributed by atoms with Crippen LogP contribution < -0.4 is 5.32 Å². The molecule has 0 atom stereocenters. The number of rotatable bonds is 1. The van der Waals surface area contributed by atoms with Gasteiger partial charge in [-0.05, 0) is 32.0 Å². The van der Waals surface area contributed by atoms with E-state index in [1.165, 1.54) is 4.90 Å². The molecule has 2 amide bonds. The Morgan fingerprint density at radius 1 is 1.39 bits per heavy atom. The van der Waals surface area contributed by atoms with Gasteiger partial charge in [0, 0.05) is 25.3 Å². The lowest BCUT2D eigenvalue weighted by molar-refractivity contribution is 0.143. The first-order valence-corrected chi connectivity index (χ1v) is 5.62. The second-order valence-electron chi connectivity index (χ2n) is 4.71. The third-order valence-corrected chi connectivity index (χ3v) is 2.03. The van der Waals surface area contributed by atoms with Crippen LogP contribution in [-0.2, 0) is 0 Å². The molecule has 0 aliphatic carbocycles. The molecule has 1 rings (SSSR count). The minimum Gasteiger partial charge on any atom is -0.378 e. The van der Waals surface area contributed by atoms with Crippen molar-refractivity contribution in [2.24, 2.45) is 0 Å². The fraction of sp³-hybridized carbons (Fsp3) is 0.357. The molecule has 0 unspecified atom stereocenters. The summed E-state index contributed by atoms with van der Waals surface area (Å²) in [4.78, 5) is 12.9. The van der Waals surface area contributed by atoms with E-state index in [2.05, 4.69) is 17.2 Å². The number of nitrogens with zero attached hydrogens (tertiary/aromatic N) is 1. The van der Waals surface area contributed by atoms with E-state index >= 15 is 0 Å². The molecule has 0 spiro atoms. The first-order chi connectivity index (χ1) is 8.28. The van der Waals surface area contributed by atoms with Crippen molar-refractivity contribution in [2.45, 2.75) is 19.4 Å². The van der Waals surface area contributed by atoms with Gasteiger partial charge >= 0.3 is 6.03 Å². The Hall–Kier alpha value is -1.99. The zero-order valence-corrected chi connectivity index (χ0v) is 11.1. The normalized spacial score (nSPS) is 10.3. The molecule has 0 radical (unpaired) electrons. The third-order valence-electron chi connectivity index (χ3n) is 2.03. The summed E-state index contributed by atoms with van der Waals surface area (Å²) in [5.74, 6) is 5.59. The van der Waals surface area contributed by atoms with Crippen molar-refractivity contribution in [2.75, 3.05) is 19.4 Å². The minimum atomic E-state index is -1.02. The third kappa shape index (κ3) is 4.89. The summed E-state index contributed by atoms with van der Waals surface area (Å²) in [7, 11) is 3.35. The maximum atomic E-state index is 11.5. The summed E-state index contributed by atoms with van der Waals surface area (Å²) < 4.78 is 0. The quantitative estimate of drug-likeness (QED) is 0.744. The van der Waals surface area contributed by atoms with Crippen LogP contribution in [0.2, 0.25) is 0 Å². The van der Waals surface area contributed by atoms with Crippen molar-refractivity contribution in [3.8, 4) is 11.8 Å². The summed E-state index contributed by atoms with van der Waals surface area (Å²) in [6.45, 7) is 3.25. The molecule has 4 nitrogen and oxygen atoms in total. The summed E-state index contributed by atoms with van der Waals surface area (Å²) in [6, 6.07) is 6.99. The molecule has 0 aromatic heterocycles.